The summed E-state index contributed by atoms with van der Waals surface area (Å²) in [6.07, 6.45) is 2.04. The normalized spacial score (nSPS) is 19.2. The van der Waals surface area contributed by atoms with Crippen LogP contribution in [0.5, 0.6) is 0 Å². The Labute approximate surface area is 141 Å². The van der Waals surface area contributed by atoms with Crippen molar-refractivity contribution in [2.75, 3.05) is 13.1 Å². The summed E-state index contributed by atoms with van der Waals surface area (Å²) in [6, 6.07) is 9.60. The maximum absolute atomic E-state index is 12.5. The second-order valence-electron chi connectivity index (χ2n) is 6.43. The molecule has 1 aromatic heterocycles. The molecular formula is C18H23N3O3. The van der Waals surface area contributed by atoms with E-state index in [9.17, 15) is 9.90 Å². The summed E-state index contributed by atoms with van der Waals surface area (Å²) in [5, 5.41) is 14.2. The zero-order valence-corrected chi connectivity index (χ0v) is 13.9. The van der Waals surface area contributed by atoms with Gasteiger partial charge in [-0.25, -0.2) is 0 Å². The third-order valence-electron chi connectivity index (χ3n) is 4.43. The molecule has 24 heavy (non-hydrogen) atoms. The number of amides is 1. The number of aliphatic hydroxyl groups excluding tert-OH is 1. The van der Waals surface area contributed by atoms with Gasteiger partial charge < -0.3 is 14.5 Å². The van der Waals surface area contributed by atoms with Gasteiger partial charge in [-0.1, -0.05) is 35.5 Å². The van der Waals surface area contributed by atoms with Crippen LogP contribution in [0.3, 0.4) is 0 Å². The number of carbonyl (C=O) groups is 1. The standard InChI is InChI=1S/C18H23N3O3/c1-13-19-17(20-24-13)11-15-8-5-9-21(12-15)18(23)16(22)10-14-6-3-2-4-7-14/h2-4,6-7,15-16,22H,5,8-12H2,1H3/t15-,16-/m0/s1. The largest absolute Gasteiger partial charge is 0.383 e. The molecule has 1 fully saturated rings. The number of hydrogen-bond acceptors (Lipinski definition) is 5. The number of aliphatic hydroxyl groups is 1. The molecule has 0 radical (unpaired) electrons. The van der Waals surface area contributed by atoms with E-state index in [4.69, 9.17) is 4.52 Å². The first-order valence-corrected chi connectivity index (χ1v) is 8.42. The zero-order chi connectivity index (χ0) is 16.9. The van der Waals surface area contributed by atoms with Crippen LogP contribution in [0.4, 0.5) is 0 Å². The van der Waals surface area contributed by atoms with Crippen molar-refractivity contribution in [2.45, 2.75) is 38.7 Å². The Morgan fingerprint density at radius 2 is 2.21 bits per heavy atom. The fourth-order valence-electron chi connectivity index (χ4n) is 3.25. The minimum atomic E-state index is -0.987. The minimum Gasteiger partial charge on any atom is -0.383 e. The number of hydrogen-bond donors (Lipinski definition) is 1. The summed E-state index contributed by atoms with van der Waals surface area (Å²) in [4.78, 5) is 18.5. The Bertz CT molecular complexity index is 671. The van der Waals surface area contributed by atoms with Crippen molar-refractivity contribution in [2.24, 2.45) is 5.92 Å². The number of aromatic nitrogens is 2. The molecule has 1 aromatic carbocycles. The van der Waals surface area contributed by atoms with E-state index < -0.39 is 6.10 Å². The second kappa shape index (κ2) is 7.57. The number of aryl methyl sites for hydroxylation is 1. The molecule has 128 valence electrons. The topological polar surface area (TPSA) is 79.5 Å². The van der Waals surface area contributed by atoms with Crippen molar-refractivity contribution in [1.82, 2.24) is 15.0 Å². The van der Waals surface area contributed by atoms with Gasteiger partial charge in [-0.05, 0) is 24.3 Å². The van der Waals surface area contributed by atoms with Crippen LogP contribution in [-0.4, -0.2) is 45.2 Å². The highest BCUT2D eigenvalue weighted by Gasteiger charge is 2.28. The van der Waals surface area contributed by atoms with Crippen LogP contribution < -0.4 is 0 Å². The molecule has 2 aromatic rings. The maximum atomic E-state index is 12.5. The van der Waals surface area contributed by atoms with Gasteiger partial charge in [-0.3, -0.25) is 4.79 Å². The van der Waals surface area contributed by atoms with Gasteiger partial charge in [0.1, 0.15) is 6.10 Å². The molecule has 2 heterocycles. The number of nitrogens with zero attached hydrogens (tertiary/aromatic N) is 3. The summed E-state index contributed by atoms with van der Waals surface area (Å²) in [7, 11) is 0. The van der Waals surface area contributed by atoms with Crippen molar-refractivity contribution in [3.63, 3.8) is 0 Å². The molecule has 6 heteroatoms. The third kappa shape index (κ3) is 4.20. The molecule has 3 rings (SSSR count). The predicted molar refractivity (Wildman–Crippen MR) is 88.2 cm³/mol. The molecule has 0 bridgehead atoms. The highest BCUT2D eigenvalue weighted by atomic mass is 16.5. The molecule has 0 aliphatic carbocycles. The van der Waals surface area contributed by atoms with E-state index >= 15 is 0 Å². The lowest BCUT2D eigenvalue weighted by Gasteiger charge is -2.33. The van der Waals surface area contributed by atoms with Crippen molar-refractivity contribution in [1.29, 1.82) is 0 Å². The van der Waals surface area contributed by atoms with Gasteiger partial charge in [0.2, 0.25) is 5.89 Å². The van der Waals surface area contributed by atoms with Crippen molar-refractivity contribution in [3.8, 4) is 0 Å². The minimum absolute atomic E-state index is 0.187. The smallest absolute Gasteiger partial charge is 0.251 e. The Kier molecular flexibility index (Phi) is 5.25. The molecule has 1 saturated heterocycles. The molecule has 6 nitrogen and oxygen atoms in total. The highest BCUT2D eigenvalue weighted by molar-refractivity contribution is 5.81. The van der Waals surface area contributed by atoms with E-state index in [1.807, 2.05) is 30.3 Å². The van der Waals surface area contributed by atoms with E-state index in [0.29, 0.717) is 43.6 Å². The monoisotopic (exact) mass is 329 g/mol. The van der Waals surface area contributed by atoms with Crippen LogP contribution in [0.1, 0.15) is 30.1 Å². The first-order chi connectivity index (χ1) is 11.6. The molecule has 1 N–H and O–H groups in total. The van der Waals surface area contributed by atoms with Gasteiger partial charge in [-0.15, -0.1) is 0 Å². The maximum Gasteiger partial charge on any atom is 0.251 e. The number of benzene rings is 1. The molecule has 1 aliphatic heterocycles. The summed E-state index contributed by atoms with van der Waals surface area (Å²) >= 11 is 0. The van der Waals surface area contributed by atoms with Crippen LogP contribution in [0.25, 0.3) is 0 Å². The van der Waals surface area contributed by atoms with Gasteiger partial charge in [-0.2, -0.15) is 4.98 Å². The molecule has 1 amide bonds. The van der Waals surface area contributed by atoms with Crippen molar-refractivity contribution >= 4 is 5.91 Å². The van der Waals surface area contributed by atoms with Crippen LogP contribution in [0, 0.1) is 12.8 Å². The summed E-state index contributed by atoms with van der Waals surface area (Å²) < 4.78 is 5.00. The second-order valence-corrected chi connectivity index (χ2v) is 6.43. The number of rotatable bonds is 5. The van der Waals surface area contributed by atoms with Crippen LogP contribution in [0.15, 0.2) is 34.9 Å². The van der Waals surface area contributed by atoms with E-state index in [1.165, 1.54) is 0 Å². The molecule has 0 unspecified atom stereocenters. The quantitative estimate of drug-likeness (QED) is 0.904. The first kappa shape index (κ1) is 16.6. The van der Waals surface area contributed by atoms with Gasteiger partial charge in [0.25, 0.3) is 5.91 Å². The van der Waals surface area contributed by atoms with Crippen LogP contribution in [0.2, 0.25) is 0 Å². The molecule has 0 saturated carbocycles. The van der Waals surface area contributed by atoms with E-state index in [2.05, 4.69) is 10.1 Å². The average Bonchev–Trinajstić information content (AvgIpc) is 3.00. The molecular weight excluding hydrogens is 306 g/mol. The Hall–Kier alpha value is -2.21. The lowest BCUT2D eigenvalue weighted by atomic mass is 9.94. The fraction of sp³-hybridized carbons (Fsp3) is 0.500. The number of carbonyl (C=O) groups excluding carboxylic acids is 1. The van der Waals surface area contributed by atoms with Gasteiger partial charge in [0.05, 0.1) is 0 Å². The summed E-state index contributed by atoms with van der Waals surface area (Å²) in [5.41, 5.74) is 0.967. The van der Waals surface area contributed by atoms with Crippen molar-refractivity contribution in [3.05, 3.63) is 47.6 Å². The Morgan fingerprint density at radius 3 is 2.92 bits per heavy atom. The Morgan fingerprint density at radius 1 is 1.42 bits per heavy atom. The lowest BCUT2D eigenvalue weighted by Crippen LogP contribution is -2.46. The van der Waals surface area contributed by atoms with E-state index in [0.717, 1.165) is 18.4 Å². The third-order valence-corrected chi connectivity index (χ3v) is 4.43. The lowest BCUT2D eigenvalue weighted by molar-refractivity contribution is -0.142. The van der Waals surface area contributed by atoms with E-state index in [1.54, 1.807) is 11.8 Å². The van der Waals surface area contributed by atoms with Gasteiger partial charge in [0.15, 0.2) is 5.82 Å². The van der Waals surface area contributed by atoms with Crippen LogP contribution in [-0.2, 0) is 17.6 Å². The summed E-state index contributed by atoms with van der Waals surface area (Å²) in [5.74, 6) is 1.38. The molecule has 1 aliphatic rings. The fourth-order valence-corrected chi connectivity index (χ4v) is 3.25. The summed E-state index contributed by atoms with van der Waals surface area (Å²) in [6.45, 7) is 3.11. The average molecular weight is 329 g/mol. The molecule has 2 atom stereocenters. The van der Waals surface area contributed by atoms with E-state index in [-0.39, 0.29) is 5.91 Å². The number of likely N-dealkylation sites (tertiary alicyclic amines) is 1. The Balaban J connectivity index is 1.56. The predicted octanol–water partition coefficient (Wildman–Crippen LogP) is 1.76. The van der Waals surface area contributed by atoms with Gasteiger partial charge in [0, 0.05) is 32.9 Å². The highest BCUT2D eigenvalue weighted by Crippen LogP contribution is 2.21. The SMILES string of the molecule is Cc1nc(C[C@@H]2CCCN(C(=O)[C@@H](O)Cc3ccccc3)C2)no1. The van der Waals surface area contributed by atoms with Crippen LogP contribution >= 0.6 is 0 Å². The number of piperidine rings is 1. The van der Waals surface area contributed by atoms with Gasteiger partial charge >= 0.3 is 0 Å². The molecule has 0 spiro atoms. The zero-order valence-electron chi connectivity index (χ0n) is 13.9. The first-order valence-electron chi connectivity index (χ1n) is 8.42. The van der Waals surface area contributed by atoms with Crippen molar-refractivity contribution < 1.29 is 14.4 Å².